The summed E-state index contributed by atoms with van der Waals surface area (Å²) in [6.45, 7) is 6.94. The molecule has 0 aliphatic rings. The maximum absolute atomic E-state index is 12.2. The summed E-state index contributed by atoms with van der Waals surface area (Å²) < 4.78 is 0. The summed E-state index contributed by atoms with van der Waals surface area (Å²) in [5.74, 6) is 0.601. The largest absolute Gasteiger partial charge is 0.351 e. The number of hydrogen-bond donors (Lipinski definition) is 1. The van der Waals surface area contributed by atoms with Gasteiger partial charge in [-0.05, 0) is 43.4 Å². The molecule has 0 bridgehead atoms. The molecule has 0 atom stereocenters. The molecule has 2 aromatic rings. The summed E-state index contributed by atoms with van der Waals surface area (Å²) in [5.41, 5.74) is 2.07. The number of carbonyl (C=O) groups excluding carboxylic acids is 1. The molecule has 22 heavy (non-hydrogen) atoms. The highest BCUT2D eigenvalue weighted by Gasteiger charge is 2.14. The van der Waals surface area contributed by atoms with Crippen molar-refractivity contribution in [3.05, 3.63) is 45.7 Å². The number of pyridine rings is 1. The van der Waals surface area contributed by atoms with Crippen molar-refractivity contribution >= 4 is 17.2 Å². The van der Waals surface area contributed by atoms with E-state index in [2.05, 4.69) is 29.1 Å². The first-order valence-corrected chi connectivity index (χ1v) is 8.51. The Hall–Kier alpha value is -1.75. The van der Waals surface area contributed by atoms with Crippen molar-refractivity contribution in [1.82, 2.24) is 15.3 Å². The van der Waals surface area contributed by atoms with Crippen molar-refractivity contribution in [2.75, 3.05) is 6.54 Å². The van der Waals surface area contributed by atoms with E-state index in [0.29, 0.717) is 5.92 Å². The normalized spacial score (nSPS) is 10.9. The van der Waals surface area contributed by atoms with Crippen LogP contribution in [0.5, 0.6) is 0 Å². The van der Waals surface area contributed by atoms with Crippen LogP contribution in [0.15, 0.2) is 24.5 Å². The lowest BCUT2D eigenvalue weighted by Crippen LogP contribution is -2.25. The number of thiazole rings is 1. The first-order valence-electron chi connectivity index (χ1n) is 7.69. The van der Waals surface area contributed by atoms with Gasteiger partial charge in [0.15, 0.2) is 0 Å². The Morgan fingerprint density at radius 3 is 2.68 bits per heavy atom. The standard InChI is InChI=1S/C17H23N3OS/c1-12(2)6-11-19-17(21)16-13(3)20-15(22-16)5-4-14-7-9-18-10-8-14/h7-10,12H,4-6,11H2,1-3H3,(H,19,21). The lowest BCUT2D eigenvalue weighted by Gasteiger charge is -2.05. The molecular formula is C17H23N3OS. The molecule has 2 heterocycles. The zero-order valence-electron chi connectivity index (χ0n) is 13.4. The Bertz CT molecular complexity index is 608. The average molecular weight is 317 g/mol. The quantitative estimate of drug-likeness (QED) is 0.851. The lowest BCUT2D eigenvalue weighted by molar-refractivity contribution is 0.0955. The third-order valence-electron chi connectivity index (χ3n) is 3.43. The summed E-state index contributed by atoms with van der Waals surface area (Å²) in [4.78, 5) is 21.5. The molecule has 0 aliphatic heterocycles. The molecule has 0 unspecified atom stereocenters. The first kappa shape index (κ1) is 16.6. The number of rotatable bonds is 7. The van der Waals surface area contributed by atoms with E-state index in [4.69, 9.17) is 0 Å². The first-order chi connectivity index (χ1) is 10.6. The molecule has 118 valence electrons. The maximum Gasteiger partial charge on any atom is 0.263 e. The Morgan fingerprint density at radius 1 is 1.27 bits per heavy atom. The van der Waals surface area contributed by atoms with Gasteiger partial charge in [-0.25, -0.2) is 4.98 Å². The molecule has 0 spiro atoms. The fourth-order valence-corrected chi connectivity index (χ4v) is 3.11. The van der Waals surface area contributed by atoms with Crippen LogP contribution in [0.4, 0.5) is 0 Å². The number of nitrogens with one attached hydrogen (secondary N) is 1. The fraction of sp³-hybridized carbons (Fsp3) is 0.471. The number of hydrogen-bond acceptors (Lipinski definition) is 4. The molecule has 1 N–H and O–H groups in total. The van der Waals surface area contributed by atoms with Crippen LogP contribution in [0.2, 0.25) is 0 Å². The molecule has 5 heteroatoms. The lowest BCUT2D eigenvalue weighted by atomic mass is 10.1. The molecule has 0 saturated heterocycles. The molecule has 0 aliphatic carbocycles. The zero-order chi connectivity index (χ0) is 15.9. The van der Waals surface area contributed by atoms with Crippen molar-refractivity contribution < 1.29 is 4.79 Å². The molecule has 0 aromatic carbocycles. The van der Waals surface area contributed by atoms with E-state index in [9.17, 15) is 4.79 Å². The van der Waals surface area contributed by atoms with Gasteiger partial charge in [-0.3, -0.25) is 9.78 Å². The minimum atomic E-state index is 0.00538. The zero-order valence-corrected chi connectivity index (χ0v) is 14.2. The van der Waals surface area contributed by atoms with E-state index >= 15 is 0 Å². The molecule has 0 saturated carbocycles. The topological polar surface area (TPSA) is 54.9 Å². The van der Waals surface area contributed by atoms with Crippen LogP contribution in [-0.2, 0) is 12.8 Å². The molecule has 1 amide bonds. The third kappa shape index (κ3) is 4.91. The Balaban J connectivity index is 1.91. The van der Waals surface area contributed by atoms with Gasteiger partial charge in [0.1, 0.15) is 4.88 Å². The molecule has 2 aromatic heterocycles. The summed E-state index contributed by atoms with van der Waals surface area (Å²) in [6, 6.07) is 4.03. The minimum absolute atomic E-state index is 0.00538. The van der Waals surface area contributed by atoms with Crippen LogP contribution < -0.4 is 5.32 Å². The van der Waals surface area contributed by atoms with Gasteiger partial charge in [-0.15, -0.1) is 11.3 Å². The van der Waals surface area contributed by atoms with Crippen LogP contribution in [0.25, 0.3) is 0 Å². The SMILES string of the molecule is Cc1nc(CCc2ccncc2)sc1C(=O)NCCC(C)C. The predicted molar refractivity (Wildman–Crippen MR) is 90.3 cm³/mol. The second-order valence-electron chi connectivity index (χ2n) is 5.82. The van der Waals surface area contributed by atoms with Gasteiger partial charge in [0, 0.05) is 25.4 Å². The van der Waals surface area contributed by atoms with Gasteiger partial charge >= 0.3 is 0 Å². The van der Waals surface area contributed by atoms with Crippen molar-refractivity contribution in [3.8, 4) is 0 Å². The van der Waals surface area contributed by atoms with Crippen LogP contribution in [0, 0.1) is 12.8 Å². The van der Waals surface area contributed by atoms with Crippen LogP contribution >= 0.6 is 11.3 Å². The highest BCUT2D eigenvalue weighted by atomic mass is 32.1. The van der Waals surface area contributed by atoms with Gasteiger partial charge in [-0.2, -0.15) is 0 Å². The van der Waals surface area contributed by atoms with Gasteiger partial charge < -0.3 is 5.32 Å². The second kappa shape index (κ2) is 8.03. The fourth-order valence-electron chi connectivity index (χ4n) is 2.13. The van der Waals surface area contributed by atoms with Crippen molar-refractivity contribution in [1.29, 1.82) is 0 Å². The minimum Gasteiger partial charge on any atom is -0.351 e. The molecule has 0 radical (unpaired) electrons. The van der Waals surface area contributed by atoms with Crippen LogP contribution in [0.1, 0.15) is 46.2 Å². The summed E-state index contributed by atoms with van der Waals surface area (Å²) in [7, 11) is 0. The molecule has 0 fully saturated rings. The summed E-state index contributed by atoms with van der Waals surface area (Å²) >= 11 is 1.51. The summed E-state index contributed by atoms with van der Waals surface area (Å²) in [5, 5.41) is 4.00. The molecule has 2 rings (SSSR count). The number of aryl methyl sites for hydroxylation is 3. The Kier molecular flexibility index (Phi) is 6.07. The van der Waals surface area contributed by atoms with Gasteiger partial charge in [0.25, 0.3) is 5.91 Å². The van der Waals surface area contributed by atoms with Gasteiger partial charge in [0.05, 0.1) is 10.7 Å². The van der Waals surface area contributed by atoms with E-state index in [1.165, 1.54) is 16.9 Å². The van der Waals surface area contributed by atoms with Crippen molar-refractivity contribution in [2.24, 2.45) is 5.92 Å². The number of amides is 1. The van der Waals surface area contributed by atoms with Crippen molar-refractivity contribution in [3.63, 3.8) is 0 Å². The van der Waals surface area contributed by atoms with E-state index in [0.717, 1.165) is 41.4 Å². The molecular weight excluding hydrogens is 294 g/mol. The van der Waals surface area contributed by atoms with Crippen LogP contribution in [0.3, 0.4) is 0 Å². The Morgan fingerprint density at radius 2 is 2.00 bits per heavy atom. The highest BCUT2D eigenvalue weighted by molar-refractivity contribution is 7.13. The van der Waals surface area contributed by atoms with Crippen LogP contribution in [-0.4, -0.2) is 22.4 Å². The highest BCUT2D eigenvalue weighted by Crippen LogP contribution is 2.19. The number of nitrogens with zero attached hydrogens (tertiary/aromatic N) is 2. The van der Waals surface area contributed by atoms with Gasteiger partial charge in [-0.1, -0.05) is 13.8 Å². The monoisotopic (exact) mass is 317 g/mol. The van der Waals surface area contributed by atoms with Gasteiger partial charge in [0.2, 0.25) is 0 Å². The second-order valence-corrected chi connectivity index (χ2v) is 6.90. The van der Waals surface area contributed by atoms with E-state index in [1.54, 1.807) is 12.4 Å². The van der Waals surface area contributed by atoms with E-state index in [-0.39, 0.29) is 5.91 Å². The number of aromatic nitrogens is 2. The maximum atomic E-state index is 12.2. The Labute approximate surface area is 136 Å². The number of carbonyl (C=O) groups is 1. The predicted octanol–water partition coefficient (Wildman–Crippen LogP) is 3.41. The smallest absolute Gasteiger partial charge is 0.263 e. The van der Waals surface area contributed by atoms with E-state index < -0.39 is 0 Å². The van der Waals surface area contributed by atoms with Crippen molar-refractivity contribution in [2.45, 2.75) is 40.0 Å². The summed E-state index contributed by atoms with van der Waals surface area (Å²) in [6.07, 6.45) is 6.38. The van der Waals surface area contributed by atoms with E-state index in [1.807, 2.05) is 19.1 Å². The third-order valence-corrected chi connectivity index (χ3v) is 4.65. The average Bonchev–Trinajstić information content (AvgIpc) is 2.87. The molecule has 4 nitrogen and oxygen atoms in total.